The van der Waals surface area contributed by atoms with Gasteiger partial charge in [-0.3, -0.25) is 9.89 Å². The van der Waals surface area contributed by atoms with Crippen molar-refractivity contribution >= 4 is 17.7 Å². The van der Waals surface area contributed by atoms with Gasteiger partial charge in [0.2, 0.25) is 11.1 Å². The highest BCUT2D eigenvalue weighted by molar-refractivity contribution is 7.99. The molecule has 5 nitrogen and oxygen atoms in total. The SMILES string of the molecule is CC(C)c1nc(SCC(=O)N(C(C)C)C2CCCCC2)n[nH]1. The van der Waals surface area contributed by atoms with Gasteiger partial charge in [0.1, 0.15) is 5.82 Å². The quantitative estimate of drug-likeness (QED) is 0.812. The van der Waals surface area contributed by atoms with Crippen LogP contribution in [-0.4, -0.2) is 43.8 Å². The number of thioether (sulfide) groups is 1. The monoisotopic (exact) mass is 324 g/mol. The van der Waals surface area contributed by atoms with Gasteiger partial charge in [-0.15, -0.1) is 5.10 Å². The summed E-state index contributed by atoms with van der Waals surface area (Å²) in [4.78, 5) is 19.1. The largest absolute Gasteiger partial charge is 0.337 e. The zero-order chi connectivity index (χ0) is 16.1. The lowest BCUT2D eigenvalue weighted by Gasteiger charge is -2.37. The number of hydrogen-bond donors (Lipinski definition) is 1. The first kappa shape index (κ1) is 17.3. The van der Waals surface area contributed by atoms with Crippen LogP contribution in [0.5, 0.6) is 0 Å². The second-order valence-corrected chi connectivity index (χ2v) is 7.58. The van der Waals surface area contributed by atoms with Crippen molar-refractivity contribution in [1.82, 2.24) is 20.1 Å². The molecule has 0 bridgehead atoms. The van der Waals surface area contributed by atoms with Crippen LogP contribution < -0.4 is 0 Å². The lowest BCUT2D eigenvalue weighted by molar-refractivity contribution is -0.133. The summed E-state index contributed by atoms with van der Waals surface area (Å²) in [5.74, 6) is 1.84. The van der Waals surface area contributed by atoms with E-state index in [-0.39, 0.29) is 11.9 Å². The Balaban J connectivity index is 1.92. The van der Waals surface area contributed by atoms with E-state index in [2.05, 4.69) is 47.8 Å². The summed E-state index contributed by atoms with van der Waals surface area (Å²) in [5, 5.41) is 7.79. The molecule has 0 atom stereocenters. The number of H-pyrrole nitrogens is 1. The van der Waals surface area contributed by atoms with Gasteiger partial charge >= 0.3 is 0 Å². The third kappa shape index (κ3) is 4.48. The Bertz CT molecular complexity index is 480. The maximum absolute atomic E-state index is 12.6. The third-order valence-electron chi connectivity index (χ3n) is 4.17. The highest BCUT2D eigenvalue weighted by Gasteiger charge is 2.27. The highest BCUT2D eigenvalue weighted by atomic mass is 32.2. The first-order valence-corrected chi connectivity index (χ1v) is 9.34. The molecule has 6 heteroatoms. The molecule has 1 fully saturated rings. The van der Waals surface area contributed by atoms with Crippen molar-refractivity contribution in [3.05, 3.63) is 5.82 Å². The summed E-state index contributed by atoms with van der Waals surface area (Å²) in [6.45, 7) is 8.37. The minimum Gasteiger partial charge on any atom is -0.337 e. The Morgan fingerprint density at radius 3 is 2.50 bits per heavy atom. The molecule has 0 unspecified atom stereocenters. The number of carbonyl (C=O) groups is 1. The molecular formula is C16H28N4OS. The van der Waals surface area contributed by atoms with E-state index in [1.54, 1.807) is 0 Å². The third-order valence-corrected chi connectivity index (χ3v) is 5.00. The van der Waals surface area contributed by atoms with Gasteiger partial charge in [-0.2, -0.15) is 0 Å². The predicted molar refractivity (Wildman–Crippen MR) is 90.1 cm³/mol. The van der Waals surface area contributed by atoms with Gasteiger partial charge in [0.05, 0.1) is 5.75 Å². The molecule has 0 spiro atoms. The maximum atomic E-state index is 12.6. The fourth-order valence-corrected chi connectivity index (χ4v) is 3.73. The predicted octanol–water partition coefficient (Wildman–Crippen LogP) is 3.59. The number of aromatic amines is 1. The molecule has 124 valence electrons. The van der Waals surface area contributed by atoms with Gasteiger partial charge < -0.3 is 4.90 Å². The van der Waals surface area contributed by atoms with Gasteiger partial charge in [0, 0.05) is 18.0 Å². The van der Waals surface area contributed by atoms with E-state index in [1.165, 1.54) is 31.0 Å². The Kier molecular flexibility index (Phi) is 6.29. The normalized spacial score (nSPS) is 16.5. The van der Waals surface area contributed by atoms with Crippen molar-refractivity contribution in [3.8, 4) is 0 Å². The summed E-state index contributed by atoms with van der Waals surface area (Å²) in [7, 11) is 0. The molecule has 1 saturated carbocycles. The summed E-state index contributed by atoms with van der Waals surface area (Å²) in [5.41, 5.74) is 0. The van der Waals surface area contributed by atoms with Crippen LogP contribution >= 0.6 is 11.8 Å². The first-order chi connectivity index (χ1) is 10.5. The van der Waals surface area contributed by atoms with E-state index in [9.17, 15) is 4.79 Å². The second-order valence-electron chi connectivity index (χ2n) is 6.63. The van der Waals surface area contributed by atoms with Gasteiger partial charge in [-0.25, -0.2) is 4.98 Å². The molecular weight excluding hydrogens is 296 g/mol. The van der Waals surface area contributed by atoms with Crippen LogP contribution in [0.3, 0.4) is 0 Å². The molecule has 0 radical (unpaired) electrons. The van der Waals surface area contributed by atoms with Crippen LogP contribution in [-0.2, 0) is 4.79 Å². The molecule has 1 amide bonds. The zero-order valence-electron chi connectivity index (χ0n) is 14.1. The zero-order valence-corrected chi connectivity index (χ0v) is 14.9. The van der Waals surface area contributed by atoms with Crippen LogP contribution in [0.4, 0.5) is 0 Å². The Hall–Kier alpha value is -1.04. The summed E-state index contributed by atoms with van der Waals surface area (Å²) in [6.07, 6.45) is 6.08. The molecule has 1 heterocycles. The molecule has 1 aromatic heterocycles. The molecule has 0 saturated heterocycles. The highest BCUT2D eigenvalue weighted by Crippen LogP contribution is 2.25. The topological polar surface area (TPSA) is 61.9 Å². The van der Waals surface area contributed by atoms with Crippen molar-refractivity contribution in [2.75, 3.05) is 5.75 Å². The minimum atomic E-state index is 0.211. The fourth-order valence-electron chi connectivity index (χ4n) is 3.05. The van der Waals surface area contributed by atoms with E-state index in [0.717, 1.165) is 18.7 Å². The molecule has 0 aliphatic heterocycles. The number of nitrogens with one attached hydrogen (secondary N) is 1. The number of hydrogen-bond acceptors (Lipinski definition) is 4. The average molecular weight is 324 g/mol. The van der Waals surface area contributed by atoms with Gasteiger partial charge in [0.15, 0.2) is 0 Å². The number of aromatic nitrogens is 3. The lowest BCUT2D eigenvalue weighted by Crippen LogP contribution is -2.46. The Labute approximate surface area is 137 Å². The van der Waals surface area contributed by atoms with Crippen LogP contribution in [0, 0.1) is 0 Å². The molecule has 1 aliphatic carbocycles. The molecule has 0 aromatic carbocycles. The Morgan fingerprint density at radius 2 is 1.95 bits per heavy atom. The number of rotatable bonds is 6. The first-order valence-electron chi connectivity index (χ1n) is 8.35. The van der Waals surface area contributed by atoms with E-state index in [1.807, 2.05) is 0 Å². The Morgan fingerprint density at radius 1 is 1.27 bits per heavy atom. The summed E-state index contributed by atoms with van der Waals surface area (Å²) in [6, 6.07) is 0.676. The van der Waals surface area contributed by atoms with E-state index in [4.69, 9.17) is 0 Å². The fraction of sp³-hybridized carbons (Fsp3) is 0.812. The average Bonchev–Trinajstić information content (AvgIpc) is 2.95. The summed E-state index contributed by atoms with van der Waals surface area (Å²) < 4.78 is 0. The maximum Gasteiger partial charge on any atom is 0.233 e. The van der Waals surface area contributed by atoms with Crippen molar-refractivity contribution in [1.29, 1.82) is 0 Å². The van der Waals surface area contributed by atoms with Crippen molar-refractivity contribution in [3.63, 3.8) is 0 Å². The van der Waals surface area contributed by atoms with Gasteiger partial charge in [-0.1, -0.05) is 44.9 Å². The van der Waals surface area contributed by atoms with E-state index >= 15 is 0 Å². The molecule has 1 aromatic rings. The number of carbonyl (C=O) groups excluding carboxylic acids is 1. The molecule has 22 heavy (non-hydrogen) atoms. The van der Waals surface area contributed by atoms with Crippen molar-refractivity contribution in [2.24, 2.45) is 0 Å². The lowest BCUT2D eigenvalue weighted by atomic mass is 9.93. The number of amides is 1. The molecule has 1 N–H and O–H groups in total. The van der Waals surface area contributed by atoms with Crippen molar-refractivity contribution < 1.29 is 4.79 Å². The molecule has 2 rings (SSSR count). The smallest absolute Gasteiger partial charge is 0.233 e. The van der Waals surface area contributed by atoms with Crippen LogP contribution in [0.25, 0.3) is 0 Å². The molecule has 1 aliphatic rings. The van der Waals surface area contributed by atoms with Crippen LogP contribution in [0.2, 0.25) is 0 Å². The summed E-state index contributed by atoms with van der Waals surface area (Å²) >= 11 is 1.43. The number of nitrogens with zero attached hydrogens (tertiary/aromatic N) is 3. The van der Waals surface area contributed by atoms with E-state index < -0.39 is 0 Å². The standard InChI is InChI=1S/C16H28N4OS/c1-11(2)15-17-16(19-18-15)22-10-14(21)20(12(3)4)13-8-6-5-7-9-13/h11-13H,5-10H2,1-4H3,(H,17,18,19). The van der Waals surface area contributed by atoms with Crippen molar-refractivity contribution in [2.45, 2.75) is 83.0 Å². The van der Waals surface area contributed by atoms with Gasteiger partial charge in [-0.05, 0) is 26.7 Å². The van der Waals surface area contributed by atoms with E-state index in [0.29, 0.717) is 22.9 Å². The minimum absolute atomic E-state index is 0.211. The van der Waals surface area contributed by atoms with Gasteiger partial charge in [0.25, 0.3) is 0 Å². The van der Waals surface area contributed by atoms with Crippen LogP contribution in [0.1, 0.15) is 71.5 Å². The second kappa shape index (κ2) is 7.99. The van der Waals surface area contributed by atoms with Crippen LogP contribution in [0.15, 0.2) is 5.16 Å².